The van der Waals surface area contributed by atoms with E-state index in [4.69, 9.17) is 14.2 Å². The van der Waals surface area contributed by atoms with Crippen molar-refractivity contribution in [1.82, 2.24) is 9.80 Å². The molecule has 174 valence electrons. The predicted octanol–water partition coefficient (Wildman–Crippen LogP) is 2.96. The number of likely N-dealkylation sites (N-methyl/N-ethyl adjacent to an activating group) is 1. The molecule has 7 nitrogen and oxygen atoms in total. The molecule has 2 aromatic carbocycles. The third-order valence-corrected chi connectivity index (χ3v) is 5.39. The third-order valence-electron chi connectivity index (χ3n) is 5.39. The lowest BCUT2D eigenvalue weighted by molar-refractivity contribution is -0.127. The summed E-state index contributed by atoms with van der Waals surface area (Å²) in [5.74, 6) is 2.49. The first kappa shape index (κ1) is 23.9. The highest BCUT2D eigenvalue weighted by molar-refractivity contribution is 5.77. The zero-order valence-corrected chi connectivity index (χ0v) is 19.0. The van der Waals surface area contributed by atoms with Crippen LogP contribution in [0.5, 0.6) is 17.2 Å². The molecule has 32 heavy (non-hydrogen) atoms. The van der Waals surface area contributed by atoms with Gasteiger partial charge in [0, 0.05) is 38.7 Å². The minimum Gasteiger partial charge on any atom is -0.497 e. The van der Waals surface area contributed by atoms with Crippen LogP contribution in [-0.4, -0.2) is 73.9 Å². The van der Waals surface area contributed by atoms with E-state index in [0.717, 1.165) is 43.0 Å². The van der Waals surface area contributed by atoms with Crippen LogP contribution in [0.25, 0.3) is 0 Å². The SMILES string of the molecule is COc1cccc(OC[C@@H](O)CN(C)Cc2ccc(OCCCN3CCCC3=O)cc2)c1. The van der Waals surface area contributed by atoms with Crippen LogP contribution in [0.4, 0.5) is 0 Å². The molecule has 0 unspecified atom stereocenters. The normalized spacial score (nSPS) is 14.6. The average molecular weight is 443 g/mol. The number of hydrogen-bond acceptors (Lipinski definition) is 6. The molecule has 0 aromatic heterocycles. The minimum atomic E-state index is -0.601. The monoisotopic (exact) mass is 442 g/mol. The van der Waals surface area contributed by atoms with Gasteiger partial charge in [0.15, 0.2) is 0 Å². The van der Waals surface area contributed by atoms with Crippen molar-refractivity contribution in [3.05, 3.63) is 54.1 Å². The number of rotatable bonds is 13. The summed E-state index contributed by atoms with van der Waals surface area (Å²) in [7, 11) is 3.58. The van der Waals surface area contributed by atoms with Crippen LogP contribution < -0.4 is 14.2 Å². The molecule has 1 amide bonds. The number of ether oxygens (including phenoxy) is 3. The van der Waals surface area contributed by atoms with Crippen LogP contribution in [0.3, 0.4) is 0 Å². The number of methoxy groups -OCH3 is 1. The summed E-state index contributed by atoms with van der Waals surface area (Å²) in [6.07, 6.45) is 1.90. The number of nitrogens with zero attached hydrogens (tertiary/aromatic N) is 2. The summed E-state index contributed by atoms with van der Waals surface area (Å²) in [4.78, 5) is 15.6. The van der Waals surface area contributed by atoms with Crippen molar-refractivity contribution in [2.75, 3.05) is 47.0 Å². The molecule has 0 saturated carbocycles. The van der Waals surface area contributed by atoms with E-state index in [1.54, 1.807) is 13.2 Å². The van der Waals surface area contributed by atoms with E-state index >= 15 is 0 Å². The van der Waals surface area contributed by atoms with Gasteiger partial charge in [-0.2, -0.15) is 0 Å². The largest absolute Gasteiger partial charge is 0.497 e. The second-order valence-corrected chi connectivity index (χ2v) is 8.17. The number of amides is 1. The molecule has 0 aliphatic carbocycles. The average Bonchev–Trinajstić information content (AvgIpc) is 3.21. The third kappa shape index (κ3) is 7.73. The second-order valence-electron chi connectivity index (χ2n) is 8.17. The summed E-state index contributed by atoms with van der Waals surface area (Å²) >= 11 is 0. The Morgan fingerprint density at radius 1 is 1.09 bits per heavy atom. The van der Waals surface area contributed by atoms with E-state index < -0.39 is 6.10 Å². The molecule has 0 radical (unpaired) electrons. The van der Waals surface area contributed by atoms with Crippen LogP contribution in [0.1, 0.15) is 24.8 Å². The number of benzene rings is 2. The van der Waals surface area contributed by atoms with Crippen molar-refractivity contribution in [2.45, 2.75) is 31.9 Å². The van der Waals surface area contributed by atoms with Crippen LogP contribution in [0.15, 0.2) is 48.5 Å². The molecule has 1 saturated heterocycles. The van der Waals surface area contributed by atoms with E-state index in [0.29, 0.717) is 31.9 Å². The predicted molar refractivity (Wildman–Crippen MR) is 123 cm³/mol. The minimum absolute atomic E-state index is 0.216. The highest BCUT2D eigenvalue weighted by atomic mass is 16.5. The molecule has 0 bridgehead atoms. The van der Waals surface area contributed by atoms with Gasteiger partial charge in [-0.25, -0.2) is 0 Å². The fourth-order valence-corrected chi connectivity index (χ4v) is 3.75. The van der Waals surface area contributed by atoms with Gasteiger partial charge in [-0.05, 0) is 49.7 Å². The molecule has 1 aliphatic heterocycles. The number of carbonyl (C=O) groups is 1. The second kappa shape index (κ2) is 12.3. The first-order valence-corrected chi connectivity index (χ1v) is 11.2. The summed E-state index contributed by atoms with van der Waals surface area (Å²) < 4.78 is 16.6. The Hall–Kier alpha value is -2.77. The summed E-state index contributed by atoms with van der Waals surface area (Å²) in [5, 5.41) is 10.3. The molecule has 1 atom stereocenters. The lowest BCUT2D eigenvalue weighted by Gasteiger charge is -2.21. The number of aliphatic hydroxyl groups excluding tert-OH is 1. The molecule has 7 heteroatoms. The maximum Gasteiger partial charge on any atom is 0.222 e. The number of likely N-dealkylation sites (tertiary alicyclic amines) is 1. The molecule has 1 aliphatic rings. The van der Waals surface area contributed by atoms with Crippen molar-refractivity contribution in [2.24, 2.45) is 0 Å². The van der Waals surface area contributed by atoms with Gasteiger partial charge in [-0.1, -0.05) is 18.2 Å². The smallest absolute Gasteiger partial charge is 0.222 e. The summed E-state index contributed by atoms with van der Waals surface area (Å²) in [6, 6.07) is 15.3. The van der Waals surface area contributed by atoms with Crippen LogP contribution in [0, 0.1) is 0 Å². The maximum atomic E-state index is 11.6. The van der Waals surface area contributed by atoms with Gasteiger partial charge in [0.2, 0.25) is 5.91 Å². The summed E-state index contributed by atoms with van der Waals surface area (Å²) in [6.45, 7) is 3.68. The molecule has 2 aromatic rings. The van der Waals surface area contributed by atoms with Crippen molar-refractivity contribution in [1.29, 1.82) is 0 Å². The standard InChI is InChI=1S/C25H34N2O5/c1-26(18-21(28)19-32-24-7-3-6-23(16-24)30-2)17-20-9-11-22(12-10-20)31-15-5-14-27-13-4-8-25(27)29/h3,6-7,9-12,16,21,28H,4-5,8,13-15,17-19H2,1-2H3/t21-/m0/s1. The van der Waals surface area contributed by atoms with E-state index in [1.165, 1.54) is 0 Å². The molecule has 0 spiro atoms. The van der Waals surface area contributed by atoms with Crippen molar-refractivity contribution >= 4 is 5.91 Å². The first-order chi connectivity index (χ1) is 15.5. The van der Waals surface area contributed by atoms with Crippen molar-refractivity contribution in [3.8, 4) is 17.2 Å². The maximum absolute atomic E-state index is 11.6. The Morgan fingerprint density at radius 2 is 1.88 bits per heavy atom. The number of carbonyl (C=O) groups excluding carboxylic acids is 1. The van der Waals surface area contributed by atoms with Crippen molar-refractivity contribution < 1.29 is 24.1 Å². The Balaban J connectivity index is 1.33. The highest BCUT2D eigenvalue weighted by Crippen LogP contribution is 2.19. The molecule has 1 heterocycles. The van der Waals surface area contributed by atoms with E-state index in [1.807, 2.05) is 54.4 Å². The Labute approximate surface area is 190 Å². The zero-order valence-electron chi connectivity index (χ0n) is 19.0. The van der Waals surface area contributed by atoms with Gasteiger partial charge in [0.1, 0.15) is 30.0 Å². The van der Waals surface area contributed by atoms with Crippen LogP contribution >= 0.6 is 0 Å². The topological polar surface area (TPSA) is 71.5 Å². The molecule has 3 rings (SSSR count). The molecule has 1 fully saturated rings. The fourth-order valence-electron chi connectivity index (χ4n) is 3.75. The van der Waals surface area contributed by atoms with E-state index in [9.17, 15) is 9.90 Å². The van der Waals surface area contributed by atoms with Gasteiger partial charge < -0.3 is 24.2 Å². The quantitative estimate of drug-likeness (QED) is 0.481. The first-order valence-electron chi connectivity index (χ1n) is 11.2. The van der Waals surface area contributed by atoms with Gasteiger partial charge >= 0.3 is 0 Å². The van der Waals surface area contributed by atoms with E-state index in [2.05, 4.69) is 4.90 Å². The molecule has 1 N–H and O–H groups in total. The van der Waals surface area contributed by atoms with Gasteiger partial charge in [-0.15, -0.1) is 0 Å². The Bertz CT molecular complexity index is 842. The van der Waals surface area contributed by atoms with Gasteiger partial charge in [-0.3, -0.25) is 9.69 Å². The van der Waals surface area contributed by atoms with Crippen molar-refractivity contribution in [3.63, 3.8) is 0 Å². The van der Waals surface area contributed by atoms with Crippen LogP contribution in [-0.2, 0) is 11.3 Å². The highest BCUT2D eigenvalue weighted by Gasteiger charge is 2.19. The lowest BCUT2D eigenvalue weighted by atomic mass is 10.2. The Kier molecular flexibility index (Phi) is 9.19. The van der Waals surface area contributed by atoms with Crippen LogP contribution in [0.2, 0.25) is 0 Å². The van der Waals surface area contributed by atoms with Gasteiger partial charge in [0.05, 0.1) is 13.7 Å². The zero-order chi connectivity index (χ0) is 22.8. The fraction of sp³-hybridized carbons (Fsp3) is 0.480. The molecular formula is C25H34N2O5. The lowest BCUT2D eigenvalue weighted by Crippen LogP contribution is -2.32. The number of aliphatic hydroxyl groups is 1. The van der Waals surface area contributed by atoms with Gasteiger partial charge in [0.25, 0.3) is 0 Å². The molecular weight excluding hydrogens is 408 g/mol. The van der Waals surface area contributed by atoms with E-state index in [-0.39, 0.29) is 12.5 Å². The summed E-state index contributed by atoms with van der Waals surface area (Å²) in [5.41, 5.74) is 1.14. The number of hydrogen-bond donors (Lipinski definition) is 1. The Morgan fingerprint density at radius 3 is 2.59 bits per heavy atom.